The van der Waals surface area contributed by atoms with E-state index in [1.807, 2.05) is 55.5 Å². The Morgan fingerprint density at radius 3 is 2.73 bits per heavy atom. The molecule has 1 N–H and O–H groups in total. The van der Waals surface area contributed by atoms with Crippen molar-refractivity contribution in [1.82, 2.24) is 15.5 Å². The average molecular weight is 349 g/mol. The van der Waals surface area contributed by atoms with Crippen LogP contribution in [0.4, 0.5) is 0 Å². The van der Waals surface area contributed by atoms with Crippen molar-refractivity contribution in [3.63, 3.8) is 0 Å². The zero-order valence-electron chi connectivity index (χ0n) is 14.6. The van der Waals surface area contributed by atoms with Crippen LogP contribution in [-0.4, -0.2) is 23.2 Å². The maximum atomic E-state index is 12.0. The average Bonchev–Trinajstić information content (AvgIpc) is 3.14. The Hall–Kier alpha value is -3.41. The molecule has 0 spiro atoms. The Kier molecular flexibility index (Phi) is 5.43. The maximum Gasteiger partial charge on any atom is 0.246 e. The number of nitrogens with zero attached hydrogens (tertiary/aromatic N) is 2. The zero-order valence-corrected chi connectivity index (χ0v) is 14.6. The smallest absolute Gasteiger partial charge is 0.246 e. The summed E-state index contributed by atoms with van der Waals surface area (Å²) in [6, 6.07) is 15.3. The summed E-state index contributed by atoms with van der Waals surface area (Å²) in [4.78, 5) is 16.3. The lowest BCUT2D eigenvalue weighted by Gasteiger charge is -2.03. The highest BCUT2D eigenvalue weighted by Crippen LogP contribution is 2.18. The number of carbonyl (C=O) groups excluding carboxylic acids is 1. The van der Waals surface area contributed by atoms with Gasteiger partial charge in [0, 0.05) is 17.2 Å². The Labute approximate surface area is 151 Å². The van der Waals surface area contributed by atoms with Crippen molar-refractivity contribution in [3.8, 4) is 17.1 Å². The second-order valence-corrected chi connectivity index (χ2v) is 5.67. The first-order valence-corrected chi connectivity index (χ1v) is 8.14. The molecule has 26 heavy (non-hydrogen) atoms. The minimum Gasteiger partial charge on any atom is -0.496 e. The molecule has 0 aliphatic rings. The highest BCUT2D eigenvalue weighted by molar-refractivity contribution is 5.92. The summed E-state index contributed by atoms with van der Waals surface area (Å²) in [7, 11) is 1.59. The van der Waals surface area contributed by atoms with Crippen LogP contribution in [0.3, 0.4) is 0 Å². The summed E-state index contributed by atoms with van der Waals surface area (Å²) in [5, 5.41) is 6.66. The number of ether oxygens (including phenoxy) is 1. The van der Waals surface area contributed by atoms with Crippen LogP contribution >= 0.6 is 0 Å². The Bertz CT molecular complexity index is 914. The predicted octanol–water partition coefficient (Wildman–Crippen LogP) is 3.38. The van der Waals surface area contributed by atoms with Gasteiger partial charge in [-0.1, -0.05) is 53.2 Å². The van der Waals surface area contributed by atoms with E-state index in [1.165, 1.54) is 6.08 Å². The van der Waals surface area contributed by atoms with Crippen LogP contribution in [0.5, 0.6) is 5.75 Å². The molecule has 0 fully saturated rings. The van der Waals surface area contributed by atoms with Gasteiger partial charge in [-0.05, 0) is 19.1 Å². The molecule has 0 radical (unpaired) electrons. The van der Waals surface area contributed by atoms with E-state index in [0.717, 1.165) is 16.7 Å². The van der Waals surface area contributed by atoms with Crippen molar-refractivity contribution in [2.24, 2.45) is 0 Å². The van der Waals surface area contributed by atoms with Gasteiger partial charge in [0.1, 0.15) is 5.75 Å². The third-order valence-corrected chi connectivity index (χ3v) is 3.74. The molecular weight excluding hydrogens is 330 g/mol. The molecule has 0 aliphatic heterocycles. The van der Waals surface area contributed by atoms with Crippen molar-refractivity contribution < 1.29 is 14.1 Å². The van der Waals surface area contributed by atoms with Crippen LogP contribution in [0.1, 0.15) is 17.0 Å². The number of para-hydroxylation sites is 1. The number of hydrogen-bond donors (Lipinski definition) is 1. The van der Waals surface area contributed by atoms with E-state index in [1.54, 1.807) is 13.2 Å². The largest absolute Gasteiger partial charge is 0.496 e. The van der Waals surface area contributed by atoms with E-state index in [9.17, 15) is 4.79 Å². The maximum absolute atomic E-state index is 12.0. The number of benzene rings is 2. The quantitative estimate of drug-likeness (QED) is 0.690. The highest BCUT2D eigenvalue weighted by atomic mass is 16.5. The molecular formula is C20H19N3O3. The Morgan fingerprint density at radius 2 is 1.96 bits per heavy atom. The molecule has 132 valence electrons. The van der Waals surface area contributed by atoms with Gasteiger partial charge in [0.2, 0.25) is 17.6 Å². The molecule has 6 nitrogen and oxygen atoms in total. The van der Waals surface area contributed by atoms with Crippen LogP contribution in [-0.2, 0) is 11.3 Å². The number of methoxy groups -OCH3 is 1. The summed E-state index contributed by atoms with van der Waals surface area (Å²) in [5.74, 6) is 1.29. The number of rotatable bonds is 6. The van der Waals surface area contributed by atoms with Crippen LogP contribution < -0.4 is 10.1 Å². The topological polar surface area (TPSA) is 77.2 Å². The van der Waals surface area contributed by atoms with Crippen LogP contribution in [0, 0.1) is 6.92 Å². The summed E-state index contributed by atoms with van der Waals surface area (Å²) >= 11 is 0. The van der Waals surface area contributed by atoms with Crippen LogP contribution in [0.15, 0.2) is 59.1 Å². The monoisotopic (exact) mass is 349 g/mol. The van der Waals surface area contributed by atoms with E-state index in [-0.39, 0.29) is 12.5 Å². The molecule has 1 aromatic heterocycles. The number of amides is 1. The van der Waals surface area contributed by atoms with Crippen LogP contribution in [0.25, 0.3) is 17.5 Å². The lowest BCUT2D eigenvalue weighted by atomic mass is 10.1. The van der Waals surface area contributed by atoms with Crippen molar-refractivity contribution in [2.75, 3.05) is 7.11 Å². The fourth-order valence-corrected chi connectivity index (χ4v) is 2.34. The Morgan fingerprint density at radius 1 is 1.19 bits per heavy atom. The van der Waals surface area contributed by atoms with Gasteiger partial charge in [-0.3, -0.25) is 4.79 Å². The number of aromatic nitrogens is 2. The van der Waals surface area contributed by atoms with E-state index in [4.69, 9.17) is 9.26 Å². The normalized spacial score (nSPS) is 10.8. The highest BCUT2D eigenvalue weighted by Gasteiger charge is 2.09. The van der Waals surface area contributed by atoms with Gasteiger partial charge in [-0.15, -0.1) is 0 Å². The predicted molar refractivity (Wildman–Crippen MR) is 98.3 cm³/mol. The van der Waals surface area contributed by atoms with Crippen LogP contribution in [0.2, 0.25) is 0 Å². The number of carbonyl (C=O) groups is 1. The fourth-order valence-electron chi connectivity index (χ4n) is 2.34. The SMILES string of the molecule is COc1ccccc1/C=C/C(=O)NCc1nc(-c2ccc(C)cc2)no1. The summed E-state index contributed by atoms with van der Waals surface area (Å²) in [6.07, 6.45) is 3.13. The first-order valence-electron chi connectivity index (χ1n) is 8.14. The van der Waals surface area contributed by atoms with Gasteiger partial charge in [0.05, 0.1) is 13.7 Å². The molecule has 0 saturated heterocycles. The molecule has 6 heteroatoms. The molecule has 0 unspecified atom stereocenters. The molecule has 3 aromatic rings. The second-order valence-electron chi connectivity index (χ2n) is 5.67. The van der Waals surface area contributed by atoms with E-state index in [0.29, 0.717) is 17.5 Å². The molecule has 0 saturated carbocycles. The third-order valence-electron chi connectivity index (χ3n) is 3.74. The third kappa shape index (κ3) is 4.36. The standard InChI is InChI=1S/C20H19N3O3/c1-14-7-9-16(10-8-14)20-22-19(26-23-20)13-21-18(24)12-11-15-5-3-4-6-17(15)25-2/h3-12H,13H2,1-2H3,(H,21,24)/b12-11+. The lowest BCUT2D eigenvalue weighted by Crippen LogP contribution is -2.20. The van der Waals surface area contributed by atoms with Crippen molar-refractivity contribution in [3.05, 3.63) is 71.6 Å². The summed E-state index contributed by atoms with van der Waals surface area (Å²) < 4.78 is 10.4. The molecule has 0 aliphatic carbocycles. The molecule has 3 rings (SSSR count). The number of nitrogens with one attached hydrogen (secondary N) is 1. The first kappa shape index (κ1) is 17.4. The summed E-state index contributed by atoms with van der Waals surface area (Å²) in [6.45, 7) is 2.17. The van der Waals surface area contributed by atoms with Gasteiger partial charge in [0.15, 0.2) is 0 Å². The van der Waals surface area contributed by atoms with E-state index in [2.05, 4.69) is 15.5 Å². The Balaban J connectivity index is 1.58. The van der Waals surface area contributed by atoms with E-state index >= 15 is 0 Å². The van der Waals surface area contributed by atoms with Gasteiger partial charge in [-0.25, -0.2) is 0 Å². The lowest BCUT2D eigenvalue weighted by molar-refractivity contribution is -0.116. The molecule has 0 atom stereocenters. The molecule has 1 amide bonds. The molecule has 1 heterocycles. The van der Waals surface area contributed by atoms with Gasteiger partial charge in [-0.2, -0.15) is 4.98 Å². The van der Waals surface area contributed by atoms with Crippen molar-refractivity contribution >= 4 is 12.0 Å². The first-order chi connectivity index (χ1) is 12.7. The zero-order chi connectivity index (χ0) is 18.4. The van der Waals surface area contributed by atoms with Gasteiger partial charge in [0.25, 0.3) is 0 Å². The van der Waals surface area contributed by atoms with Gasteiger partial charge < -0.3 is 14.6 Å². The van der Waals surface area contributed by atoms with Crippen molar-refractivity contribution in [1.29, 1.82) is 0 Å². The second kappa shape index (κ2) is 8.11. The number of hydrogen-bond acceptors (Lipinski definition) is 5. The molecule has 2 aromatic carbocycles. The minimum absolute atomic E-state index is 0.161. The van der Waals surface area contributed by atoms with Gasteiger partial charge >= 0.3 is 0 Å². The van der Waals surface area contributed by atoms with Crippen molar-refractivity contribution in [2.45, 2.75) is 13.5 Å². The minimum atomic E-state index is -0.258. The number of aryl methyl sites for hydroxylation is 1. The van der Waals surface area contributed by atoms with E-state index < -0.39 is 0 Å². The fraction of sp³-hybridized carbons (Fsp3) is 0.150. The molecule has 0 bridgehead atoms. The summed E-state index contributed by atoms with van der Waals surface area (Å²) in [5.41, 5.74) is 2.85.